The number of nitrogens with one attached hydrogen (secondary N) is 1. The van der Waals surface area contributed by atoms with Gasteiger partial charge in [0.1, 0.15) is 12.3 Å². The molecule has 0 atom stereocenters. The fourth-order valence-corrected chi connectivity index (χ4v) is 2.97. The highest BCUT2D eigenvalue weighted by molar-refractivity contribution is 5.57. The van der Waals surface area contributed by atoms with Crippen LogP contribution in [0.25, 0.3) is 0 Å². The van der Waals surface area contributed by atoms with Gasteiger partial charge in [0.15, 0.2) is 0 Å². The predicted octanol–water partition coefficient (Wildman–Crippen LogP) is 1.61. The molecule has 0 radical (unpaired) electrons. The number of aryl methyl sites for hydroxylation is 1. The minimum atomic E-state index is 0.388. The zero-order valence-electron chi connectivity index (χ0n) is 12.5. The van der Waals surface area contributed by atoms with E-state index in [1.807, 2.05) is 18.2 Å². The van der Waals surface area contributed by atoms with E-state index in [2.05, 4.69) is 36.1 Å². The molecule has 2 aromatic rings. The SMILES string of the molecule is Cc1ccc(C[NH+]2CCN(c3ccccc3O)CC2)cc1. The van der Waals surface area contributed by atoms with Gasteiger partial charge in [-0.1, -0.05) is 42.0 Å². The predicted molar refractivity (Wildman–Crippen MR) is 85.9 cm³/mol. The van der Waals surface area contributed by atoms with Crippen LogP contribution < -0.4 is 9.80 Å². The molecule has 0 bridgehead atoms. The maximum absolute atomic E-state index is 9.94. The van der Waals surface area contributed by atoms with Crippen molar-refractivity contribution in [3.63, 3.8) is 0 Å². The van der Waals surface area contributed by atoms with E-state index < -0.39 is 0 Å². The van der Waals surface area contributed by atoms with Crippen LogP contribution in [0.5, 0.6) is 5.75 Å². The van der Waals surface area contributed by atoms with Crippen molar-refractivity contribution >= 4 is 5.69 Å². The number of hydrogen-bond donors (Lipinski definition) is 2. The van der Waals surface area contributed by atoms with Crippen LogP contribution in [0, 0.1) is 6.92 Å². The van der Waals surface area contributed by atoms with Crippen LogP contribution in [0.15, 0.2) is 48.5 Å². The lowest BCUT2D eigenvalue weighted by molar-refractivity contribution is -0.914. The first-order valence-electron chi connectivity index (χ1n) is 7.64. The topological polar surface area (TPSA) is 27.9 Å². The molecular formula is C18H23N2O+. The van der Waals surface area contributed by atoms with Gasteiger partial charge in [0, 0.05) is 5.56 Å². The fraction of sp³-hybridized carbons (Fsp3) is 0.333. The summed E-state index contributed by atoms with van der Waals surface area (Å²) in [5, 5.41) is 9.94. The van der Waals surface area contributed by atoms with E-state index in [4.69, 9.17) is 0 Å². The van der Waals surface area contributed by atoms with Crippen LogP contribution in [0.3, 0.4) is 0 Å². The summed E-state index contributed by atoms with van der Waals surface area (Å²) in [6.07, 6.45) is 0. The van der Waals surface area contributed by atoms with Gasteiger partial charge in [-0.15, -0.1) is 0 Å². The Labute approximate surface area is 126 Å². The molecule has 1 fully saturated rings. The lowest BCUT2D eigenvalue weighted by Crippen LogP contribution is -3.13. The molecule has 0 saturated carbocycles. The summed E-state index contributed by atoms with van der Waals surface area (Å²) in [5.74, 6) is 0.388. The third-order valence-electron chi connectivity index (χ3n) is 4.27. The second-order valence-corrected chi connectivity index (χ2v) is 5.89. The van der Waals surface area contributed by atoms with Gasteiger partial charge in [0.2, 0.25) is 0 Å². The third kappa shape index (κ3) is 3.37. The monoisotopic (exact) mass is 283 g/mol. The first kappa shape index (κ1) is 14.0. The van der Waals surface area contributed by atoms with Gasteiger partial charge >= 0.3 is 0 Å². The molecular weight excluding hydrogens is 260 g/mol. The summed E-state index contributed by atoms with van der Waals surface area (Å²) in [5.41, 5.74) is 3.69. The lowest BCUT2D eigenvalue weighted by atomic mass is 10.1. The maximum atomic E-state index is 9.94. The van der Waals surface area contributed by atoms with Gasteiger partial charge in [-0.3, -0.25) is 0 Å². The molecule has 21 heavy (non-hydrogen) atoms. The molecule has 110 valence electrons. The minimum absolute atomic E-state index is 0.388. The Morgan fingerprint density at radius 2 is 1.67 bits per heavy atom. The molecule has 0 amide bonds. The second-order valence-electron chi connectivity index (χ2n) is 5.89. The molecule has 3 nitrogen and oxygen atoms in total. The molecule has 2 N–H and O–H groups in total. The number of phenolic OH excluding ortho intramolecular Hbond substituents is 1. The van der Waals surface area contributed by atoms with E-state index in [-0.39, 0.29) is 0 Å². The first-order chi connectivity index (χ1) is 10.2. The number of hydrogen-bond acceptors (Lipinski definition) is 2. The molecule has 0 spiro atoms. The number of para-hydroxylation sites is 2. The van der Waals surface area contributed by atoms with Crippen molar-refractivity contribution in [3.8, 4) is 5.75 Å². The van der Waals surface area contributed by atoms with Crippen molar-refractivity contribution in [2.45, 2.75) is 13.5 Å². The van der Waals surface area contributed by atoms with E-state index >= 15 is 0 Å². The Balaban J connectivity index is 1.58. The molecule has 1 saturated heterocycles. The fourth-order valence-electron chi connectivity index (χ4n) is 2.97. The van der Waals surface area contributed by atoms with E-state index in [0.29, 0.717) is 5.75 Å². The molecule has 1 heterocycles. The number of nitrogens with zero attached hydrogens (tertiary/aromatic N) is 1. The molecule has 1 aliphatic rings. The summed E-state index contributed by atoms with van der Waals surface area (Å²) in [6, 6.07) is 16.5. The number of quaternary nitrogens is 1. The van der Waals surface area contributed by atoms with E-state index in [1.54, 1.807) is 11.0 Å². The van der Waals surface area contributed by atoms with E-state index in [0.717, 1.165) is 38.4 Å². The second kappa shape index (κ2) is 6.19. The molecule has 3 heteroatoms. The van der Waals surface area contributed by atoms with Crippen molar-refractivity contribution < 1.29 is 10.0 Å². The highest BCUT2D eigenvalue weighted by atomic mass is 16.3. The Bertz CT molecular complexity index is 586. The number of phenols is 1. The largest absolute Gasteiger partial charge is 0.506 e. The van der Waals surface area contributed by atoms with Gasteiger partial charge < -0.3 is 14.9 Å². The van der Waals surface area contributed by atoms with Crippen molar-refractivity contribution in [2.24, 2.45) is 0 Å². The van der Waals surface area contributed by atoms with Gasteiger partial charge in [-0.2, -0.15) is 0 Å². The minimum Gasteiger partial charge on any atom is -0.506 e. The Morgan fingerprint density at radius 3 is 2.33 bits per heavy atom. The average Bonchev–Trinajstić information content (AvgIpc) is 2.51. The van der Waals surface area contributed by atoms with Crippen LogP contribution >= 0.6 is 0 Å². The summed E-state index contributed by atoms with van der Waals surface area (Å²) >= 11 is 0. The molecule has 0 unspecified atom stereocenters. The van der Waals surface area contributed by atoms with Gasteiger partial charge in [0.25, 0.3) is 0 Å². The van der Waals surface area contributed by atoms with Crippen LogP contribution in [0.1, 0.15) is 11.1 Å². The Kier molecular flexibility index (Phi) is 4.11. The van der Waals surface area contributed by atoms with E-state index in [9.17, 15) is 5.11 Å². The van der Waals surface area contributed by atoms with Gasteiger partial charge in [-0.05, 0) is 19.1 Å². The normalized spacial score (nSPS) is 16.1. The van der Waals surface area contributed by atoms with Crippen LogP contribution in [0.2, 0.25) is 0 Å². The number of piperazine rings is 1. The highest BCUT2D eigenvalue weighted by Gasteiger charge is 2.21. The van der Waals surface area contributed by atoms with Gasteiger partial charge in [-0.25, -0.2) is 0 Å². The smallest absolute Gasteiger partial charge is 0.138 e. The van der Waals surface area contributed by atoms with Crippen molar-refractivity contribution in [2.75, 3.05) is 31.1 Å². The quantitative estimate of drug-likeness (QED) is 0.895. The Hall–Kier alpha value is -2.00. The number of anilines is 1. The lowest BCUT2D eigenvalue weighted by Gasteiger charge is -2.34. The van der Waals surface area contributed by atoms with Crippen molar-refractivity contribution in [3.05, 3.63) is 59.7 Å². The third-order valence-corrected chi connectivity index (χ3v) is 4.27. The van der Waals surface area contributed by atoms with Crippen LogP contribution in [-0.4, -0.2) is 31.3 Å². The summed E-state index contributed by atoms with van der Waals surface area (Å²) in [7, 11) is 0. The summed E-state index contributed by atoms with van der Waals surface area (Å²) in [4.78, 5) is 3.90. The number of aromatic hydroxyl groups is 1. The molecule has 0 aromatic heterocycles. The number of benzene rings is 2. The summed E-state index contributed by atoms with van der Waals surface area (Å²) < 4.78 is 0. The van der Waals surface area contributed by atoms with Crippen molar-refractivity contribution in [1.82, 2.24) is 0 Å². The standard InChI is InChI=1S/C18H22N2O/c1-15-6-8-16(9-7-15)14-19-10-12-20(13-11-19)17-4-2-3-5-18(17)21/h2-9,21H,10-14H2,1H3/p+1. The Morgan fingerprint density at radius 1 is 1.00 bits per heavy atom. The molecule has 1 aliphatic heterocycles. The maximum Gasteiger partial charge on any atom is 0.138 e. The molecule has 0 aliphatic carbocycles. The molecule has 2 aromatic carbocycles. The highest BCUT2D eigenvalue weighted by Crippen LogP contribution is 2.25. The van der Waals surface area contributed by atoms with Crippen LogP contribution in [0.4, 0.5) is 5.69 Å². The first-order valence-corrected chi connectivity index (χ1v) is 7.64. The number of rotatable bonds is 3. The van der Waals surface area contributed by atoms with E-state index in [1.165, 1.54) is 11.1 Å². The average molecular weight is 283 g/mol. The zero-order valence-corrected chi connectivity index (χ0v) is 12.5. The van der Waals surface area contributed by atoms with Gasteiger partial charge in [0.05, 0.1) is 31.9 Å². The molecule has 3 rings (SSSR count). The summed E-state index contributed by atoms with van der Waals surface area (Å²) in [6.45, 7) is 7.44. The van der Waals surface area contributed by atoms with Crippen LogP contribution in [-0.2, 0) is 6.54 Å². The van der Waals surface area contributed by atoms with Crippen molar-refractivity contribution in [1.29, 1.82) is 0 Å². The zero-order chi connectivity index (χ0) is 14.7.